The van der Waals surface area contributed by atoms with Gasteiger partial charge in [-0.3, -0.25) is 9.59 Å². The summed E-state index contributed by atoms with van der Waals surface area (Å²) in [7, 11) is 0. The number of hydrogen-bond acceptors (Lipinski definition) is 6. The quantitative estimate of drug-likeness (QED) is 0.737. The molecule has 2 atom stereocenters. The first kappa shape index (κ1) is 16.9. The van der Waals surface area contributed by atoms with Gasteiger partial charge in [-0.2, -0.15) is 0 Å². The van der Waals surface area contributed by atoms with Crippen LogP contribution < -0.4 is 10.6 Å². The maximum absolute atomic E-state index is 11.0. The fourth-order valence-electron chi connectivity index (χ4n) is 2.26. The van der Waals surface area contributed by atoms with Crippen LogP contribution >= 0.6 is 0 Å². The van der Waals surface area contributed by atoms with E-state index in [4.69, 9.17) is 9.47 Å². The van der Waals surface area contributed by atoms with Crippen LogP contribution in [0.25, 0.3) is 0 Å². The molecule has 0 radical (unpaired) electrons. The average molecular weight is 286 g/mol. The van der Waals surface area contributed by atoms with Crippen LogP contribution in [-0.2, 0) is 19.1 Å². The molecule has 2 aliphatic rings. The van der Waals surface area contributed by atoms with Crippen molar-refractivity contribution in [3.05, 3.63) is 0 Å². The smallest absolute Gasteiger partial charge is 0.323 e. The van der Waals surface area contributed by atoms with Crippen molar-refractivity contribution in [1.29, 1.82) is 0 Å². The van der Waals surface area contributed by atoms with Gasteiger partial charge >= 0.3 is 11.9 Å². The first-order valence-electron chi connectivity index (χ1n) is 7.49. The SMILES string of the molecule is CCOC(=O)[C@@H]1CCCN1.CCOC(=O)[C@@H]1CCCN1. The standard InChI is InChI=1S/2C7H13NO2/c2*1-2-10-7(9)6-4-3-5-8-6/h2*6,8H,2-5H2,1H3/t2*6-/m00/s1. The van der Waals surface area contributed by atoms with Gasteiger partial charge in [0, 0.05) is 0 Å². The lowest BCUT2D eigenvalue weighted by Crippen LogP contribution is -2.32. The van der Waals surface area contributed by atoms with Crippen LogP contribution in [0.2, 0.25) is 0 Å². The van der Waals surface area contributed by atoms with E-state index in [1.54, 1.807) is 0 Å². The fourth-order valence-corrected chi connectivity index (χ4v) is 2.26. The molecule has 0 unspecified atom stereocenters. The summed E-state index contributed by atoms with van der Waals surface area (Å²) in [6.07, 6.45) is 4.03. The lowest BCUT2D eigenvalue weighted by Gasteiger charge is -2.07. The van der Waals surface area contributed by atoms with E-state index in [-0.39, 0.29) is 24.0 Å². The summed E-state index contributed by atoms with van der Waals surface area (Å²) >= 11 is 0. The number of carbonyl (C=O) groups excluding carboxylic acids is 2. The summed E-state index contributed by atoms with van der Waals surface area (Å²) in [5.41, 5.74) is 0. The van der Waals surface area contributed by atoms with Gasteiger partial charge in [0.2, 0.25) is 0 Å². The zero-order valence-corrected chi connectivity index (χ0v) is 12.4. The number of hydrogen-bond donors (Lipinski definition) is 2. The second-order valence-corrected chi connectivity index (χ2v) is 4.80. The van der Waals surface area contributed by atoms with Crippen molar-refractivity contribution in [3.63, 3.8) is 0 Å². The Hall–Kier alpha value is -1.14. The van der Waals surface area contributed by atoms with Crippen LogP contribution in [0.4, 0.5) is 0 Å². The molecule has 2 rings (SSSR count). The van der Waals surface area contributed by atoms with Crippen LogP contribution in [0, 0.1) is 0 Å². The predicted molar refractivity (Wildman–Crippen MR) is 75.3 cm³/mol. The van der Waals surface area contributed by atoms with Crippen molar-refractivity contribution in [1.82, 2.24) is 10.6 Å². The normalized spacial score (nSPS) is 24.7. The number of esters is 2. The molecule has 2 aliphatic heterocycles. The Labute approximate surface area is 120 Å². The summed E-state index contributed by atoms with van der Waals surface area (Å²) in [6, 6.07) is -0.0556. The monoisotopic (exact) mass is 286 g/mol. The third kappa shape index (κ3) is 5.88. The van der Waals surface area contributed by atoms with Gasteiger partial charge in [-0.25, -0.2) is 0 Å². The minimum atomic E-state index is -0.0972. The van der Waals surface area contributed by atoms with Gasteiger partial charge in [-0.05, 0) is 52.6 Å². The molecule has 0 aromatic rings. The highest BCUT2D eigenvalue weighted by Gasteiger charge is 2.23. The number of rotatable bonds is 4. The molecule has 0 saturated carbocycles. The van der Waals surface area contributed by atoms with E-state index >= 15 is 0 Å². The first-order valence-corrected chi connectivity index (χ1v) is 7.49. The maximum Gasteiger partial charge on any atom is 0.323 e. The Morgan fingerprint density at radius 2 is 1.30 bits per heavy atom. The molecular weight excluding hydrogens is 260 g/mol. The van der Waals surface area contributed by atoms with Crippen LogP contribution in [0.1, 0.15) is 39.5 Å². The lowest BCUT2D eigenvalue weighted by molar-refractivity contribution is -0.146. The molecule has 0 aliphatic carbocycles. The number of ether oxygens (including phenoxy) is 2. The van der Waals surface area contributed by atoms with Gasteiger partial charge in [-0.1, -0.05) is 0 Å². The molecule has 0 bridgehead atoms. The molecule has 6 heteroatoms. The van der Waals surface area contributed by atoms with Crippen LogP contribution in [0.5, 0.6) is 0 Å². The molecular formula is C14H26N2O4. The lowest BCUT2D eigenvalue weighted by atomic mass is 10.2. The summed E-state index contributed by atoms with van der Waals surface area (Å²) in [5, 5.41) is 6.13. The topological polar surface area (TPSA) is 76.7 Å². The summed E-state index contributed by atoms with van der Waals surface area (Å²) in [5.74, 6) is -0.194. The summed E-state index contributed by atoms with van der Waals surface area (Å²) in [4.78, 5) is 21.9. The molecule has 2 heterocycles. The van der Waals surface area contributed by atoms with E-state index in [0.717, 1.165) is 38.8 Å². The average Bonchev–Trinajstić information content (AvgIpc) is 3.14. The highest BCUT2D eigenvalue weighted by molar-refractivity contribution is 5.76. The van der Waals surface area contributed by atoms with Crippen molar-refractivity contribution < 1.29 is 19.1 Å². The molecule has 2 N–H and O–H groups in total. The third-order valence-electron chi connectivity index (χ3n) is 3.26. The maximum atomic E-state index is 11.0. The minimum Gasteiger partial charge on any atom is -0.465 e. The molecule has 6 nitrogen and oxygen atoms in total. The van der Waals surface area contributed by atoms with E-state index in [0.29, 0.717) is 13.2 Å². The Balaban J connectivity index is 0.000000200. The largest absolute Gasteiger partial charge is 0.465 e. The summed E-state index contributed by atoms with van der Waals surface area (Å²) in [6.45, 7) is 6.51. The predicted octanol–water partition coefficient (Wildman–Crippen LogP) is 0.603. The van der Waals surface area contributed by atoms with E-state index in [9.17, 15) is 9.59 Å². The highest BCUT2D eigenvalue weighted by Crippen LogP contribution is 2.06. The fraction of sp³-hybridized carbons (Fsp3) is 0.857. The molecule has 0 aromatic heterocycles. The highest BCUT2D eigenvalue weighted by atomic mass is 16.5. The second-order valence-electron chi connectivity index (χ2n) is 4.80. The van der Waals surface area contributed by atoms with Crippen LogP contribution in [0.3, 0.4) is 0 Å². The third-order valence-corrected chi connectivity index (χ3v) is 3.26. The first-order chi connectivity index (χ1) is 9.69. The Morgan fingerprint density at radius 1 is 0.900 bits per heavy atom. The number of carbonyl (C=O) groups is 2. The molecule has 2 saturated heterocycles. The van der Waals surface area contributed by atoms with Gasteiger partial charge in [0.15, 0.2) is 0 Å². The zero-order chi connectivity index (χ0) is 14.8. The van der Waals surface area contributed by atoms with Gasteiger partial charge in [0.25, 0.3) is 0 Å². The molecule has 0 spiro atoms. The molecule has 20 heavy (non-hydrogen) atoms. The Bertz CT molecular complexity index is 268. The van der Waals surface area contributed by atoms with Crippen molar-refractivity contribution in [2.24, 2.45) is 0 Å². The Morgan fingerprint density at radius 3 is 1.55 bits per heavy atom. The Kier molecular flexibility index (Phi) is 8.22. The zero-order valence-electron chi connectivity index (χ0n) is 12.4. The van der Waals surface area contributed by atoms with Gasteiger partial charge in [-0.15, -0.1) is 0 Å². The van der Waals surface area contributed by atoms with E-state index < -0.39 is 0 Å². The van der Waals surface area contributed by atoms with E-state index in [1.807, 2.05) is 13.8 Å². The second kappa shape index (κ2) is 9.72. The van der Waals surface area contributed by atoms with Crippen LogP contribution in [0.15, 0.2) is 0 Å². The van der Waals surface area contributed by atoms with E-state index in [2.05, 4.69) is 10.6 Å². The van der Waals surface area contributed by atoms with Crippen LogP contribution in [-0.4, -0.2) is 50.3 Å². The molecule has 0 aromatic carbocycles. The van der Waals surface area contributed by atoms with Crippen molar-refractivity contribution >= 4 is 11.9 Å². The summed E-state index contributed by atoms with van der Waals surface area (Å²) < 4.78 is 9.65. The molecule has 0 amide bonds. The molecule has 116 valence electrons. The van der Waals surface area contributed by atoms with Gasteiger partial charge in [0.1, 0.15) is 12.1 Å². The van der Waals surface area contributed by atoms with Crippen molar-refractivity contribution in [2.75, 3.05) is 26.3 Å². The van der Waals surface area contributed by atoms with Gasteiger partial charge < -0.3 is 20.1 Å². The minimum absolute atomic E-state index is 0.0278. The van der Waals surface area contributed by atoms with Gasteiger partial charge in [0.05, 0.1) is 13.2 Å². The van der Waals surface area contributed by atoms with Crippen molar-refractivity contribution in [3.8, 4) is 0 Å². The number of nitrogens with one attached hydrogen (secondary N) is 2. The molecule has 2 fully saturated rings. The van der Waals surface area contributed by atoms with Crippen molar-refractivity contribution in [2.45, 2.75) is 51.6 Å². The van der Waals surface area contributed by atoms with E-state index in [1.165, 1.54) is 0 Å².